The SMILES string of the molecule is CCC(NC(C)CC1COCCN1)c1cccc(Cl)c1. The first-order valence-corrected chi connectivity index (χ1v) is 7.89. The summed E-state index contributed by atoms with van der Waals surface area (Å²) in [6.07, 6.45) is 2.14. The maximum absolute atomic E-state index is 6.08. The van der Waals surface area contributed by atoms with Crippen molar-refractivity contribution in [2.75, 3.05) is 19.8 Å². The van der Waals surface area contributed by atoms with Gasteiger partial charge in [0.05, 0.1) is 13.2 Å². The van der Waals surface area contributed by atoms with Gasteiger partial charge in [-0.2, -0.15) is 0 Å². The standard InChI is InChI=1S/C16H25ClN2O/c1-3-16(13-5-4-6-14(17)10-13)19-12(2)9-15-11-20-8-7-18-15/h4-6,10,12,15-16,18-19H,3,7-9,11H2,1-2H3. The molecule has 0 amide bonds. The molecule has 0 radical (unpaired) electrons. The summed E-state index contributed by atoms with van der Waals surface area (Å²) in [5, 5.41) is 8.01. The zero-order valence-electron chi connectivity index (χ0n) is 12.4. The molecule has 1 fully saturated rings. The lowest BCUT2D eigenvalue weighted by molar-refractivity contribution is 0.0707. The van der Waals surface area contributed by atoms with Gasteiger partial charge in [-0.25, -0.2) is 0 Å². The Balaban J connectivity index is 1.88. The lowest BCUT2D eigenvalue weighted by Gasteiger charge is -2.29. The molecule has 3 nitrogen and oxygen atoms in total. The second kappa shape index (κ2) is 7.99. The van der Waals surface area contributed by atoms with E-state index >= 15 is 0 Å². The fourth-order valence-corrected chi connectivity index (χ4v) is 2.98. The molecular formula is C16H25ClN2O. The molecule has 0 aromatic heterocycles. The van der Waals surface area contributed by atoms with Crippen molar-refractivity contribution in [3.63, 3.8) is 0 Å². The normalized spacial score (nSPS) is 22.4. The molecule has 3 unspecified atom stereocenters. The summed E-state index contributed by atoms with van der Waals surface area (Å²) in [7, 11) is 0. The molecule has 1 aromatic carbocycles. The minimum absolute atomic E-state index is 0.355. The molecule has 0 bridgehead atoms. The van der Waals surface area contributed by atoms with Crippen molar-refractivity contribution in [1.82, 2.24) is 10.6 Å². The second-order valence-corrected chi connectivity index (χ2v) is 5.98. The number of nitrogens with one attached hydrogen (secondary N) is 2. The summed E-state index contributed by atoms with van der Waals surface area (Å²) in [5.41, 5.74) is 1.26. The van der Waals surface area contributed by atoms with Gasteiger partial charge < -0.3 is 15.4 Å². The monoisotopic (exact) mass is 296 g/mol. The number of benzene rings is 1. The molecule has 20 heavy (non-hydrogen) atoms. The molecule has 1 aliphatic heterocycles. The van der Waals surface area contributed by atoms with E-state index in [-0.39, 0.29) is 0 Å². The molecule has 1 heterocycles. The number of halogens is 1. The lowest BCUT2D eigenvalue weighted by Crippen LogP contribution is -2.45. The van der Waals surface area contributed by atoms with E-state index in [0.29, 0.717) is 18.1 Å². The summed E-state index contributed by atoms with van der Waals surface area (Å²) >= 11 is 6.08. The van der Waals surface area contributed by atoms with Gasteiger partial charge in [-0.15, -0.1) is 0 Å². The lowest BCUT2D eigenvalue weighted by atomic mass is 10.0. The van der Waals surface area contributed by atoms with E-state index in [1.165, 1.54) is 5.56 Å². The molecule has 112 valence electrons. The van der Waals surface area contributed by atoms with Crippen LogP contribution in [-0.2, 0) is 4.74 Å². The van der Waals surface area contributed by atoms with Crippen molar-refractivity contribution in [3.8, 4) is 0 Å². The highest BCUT2D eigenvalue weighted by Crippen LogP contribution is 2.21. The van der Waals surface area contributed by atoms with E-state index in [0.717, 1.165) is 37.6 Å². The average Bonchev–Trinajstić information content (AvgIpc) is 2.46. The Hall–Kier alpha value is -0.610. The Bertz CT molecular complexity index is 407. The van der Waals surface area contributed by atoms with E-state index in [1.54, 1.807) is 0 Å². The Labute approximate surface area is 127 Å². The van der Waals surface area contributed by atoms with Gasteiger partial charge in [0.2, 0.25) is 0 Å². The van der Waals surface area contributed by atoms with Gasteiger partial charge in [0, 0.05) is 29.7 Å². The highest BCUT2D eigenvalue weighted by Gasteiger charge is 2.18. The van der Waals surface area contributed by atoms with Crippen molar-refractivity contribution in [2.45, 2.75) is 44.8 Å². The maximum atomic E-state index is 6.08. The Morgan fingerprint density at radius 3 is 3.00 bits per heavy atom. The number of morpholine rings is 1. The van der Waals surface area contributed by atoms with Gasteiger partial charge in [-0.05, 0) is 37.5 Å². The molecule has 0 spiro atoms. The molecule has 2 rings (SSSR count). The van der Waals surface area contributed by atoms with Gasteiger partial charge in [-0.1, -0.05) is 30.7 Å². The van der Waals surface area contributed by atoms with Gasteiger partial charge in [0.15, 0.2) is 0 Å². The summed E-state index contributed by atoms with van der Waals surface area (Å²) in [6.45, 7) is 7.05. The van der Waals surface area contributed by atoms with Gasteiger partial charge in [-0.3, -0.25) is 0 Å². The molecule has 1 saturated heterocycles. The van der Waals surface area contributed by atoms with E-state index in [2.05, 4.69) is 36.6 Å². The number of hydrogen-bond donors (Lipinski definition) is 2. The van der Waals surface area contributed by atoms with Crippen LogP contribution >= 0.6 is 11.6 Å². The van der Waals surface area contributed by atoms with Crippen molar-refractivity contribution < 1.29 is 4.74 Å². The van der Waals surface area contributed by atoms with Crippen molar-refractivity contribution in [3.05, 3.63) is 34.9 Å². The highest BCUT2D eigenvalue weighted by atomic mass is 35.5. The zero-order valence-corrected chi connectivity index (χ0v) is 13.1. The third-order valence-corrected chi connectivity index (χ3v) is 4.02. The molecule has 3 atom stereocenters. The van der Waals surface area contributed by atoms with Crippen LogP contribution in [0.2, 0.25) is 5.02 Å². The van der Waals surface area contributed by atoms with Gasteiger partial charge in [0.1, 0.15) is 0 Å². The third kappa shape index (κ3) is 4.74. The van der Waals surface area contributed by atoms with Crippen LogP contribution in [0.25, 0.3) is 0 Å². The number of ether oxygens (including phenoxy) is 1. The zero-order chi connectivity index (χ0) is 14.4. The molecule has 0 aliphatic carbocycles. The van der Waals surface area contributed by atoms with E-state index in [4.69, 9.17) is 16.3 Å². The van der Waals surface area contributed by atoms with Crippen LogP contribution in [-0.4, -0.2) is 31.8 Å². The van der Waals surface area contributed by atoms with Crippen LogP contribution in [0.3, 0.4) is 0 Å². The van der Waals surface area contributed by atoms with Crippen LogP contribution in [0.5, 0.6) is 0 Å². The first-order chi connectivity index (χ1) is 9.69. The second-order valence-electron chi connectivity index (χ2n) is 5.55. The molecule has 1 aromatic rings. The molecule has 0 saturated carbocycles. The third-order valence-electron chi connectivity index (χ3n) is 3.78. The minimum atomic E-state index is 0.355. The van der Waals surface area contributed by atoms with E-state index in [9.17, 15) is 0 Å². The predicted molar refractivity (Wildman–Crippen MR) is 84.3 cm³/mol. The number of rotatable bonds is 6. The maximum Gasteiger partial charge on any atom is 0.0620 e. The highest BCUT2D eigenvalue weighted by molar-refractivity contribution is 6.30. The Morgan fingerprint density at radius 1 is 1.50 bits per heavy atom. The summed E-state index contributed by atoms with van der Waals surface area (Å²) < 4.78 is 5.51. The van der Waals surface area contributed by atoms with Crippen LogP contribution in [0.4, 0.5) is 0 Å². The first kappa shape index (κ1) is 15.8. The van der Waals surface area contributed by atoms with Crippen LogP contribution < -0.4 is 10.6 Å². The number of hydrogen-bond acceptors (Lipinski definition) is 3. The fourth-order valence-electron chi connectivity index (χ4n) is 2.78. The van der Waals surface area contributed by atoms with Crippen LogP contribution in [0, 0.1) is 0 Å². The van der Waals surface area contributed by atoms with Crippen molar-refractivity contribution in [1.29, 1.82) is 0 Å². The van der Waals surface area contributed by atoms with Crippen LogP contribution in [0.15, 0.2) is 24.3 Å². The average molecular weight is 297 g/mol. The van der Waals surface area contributed by atoms with Crippen LogP contribution in [0.1, 0.15) is 38.3 Å². The quantitative estimate of drug-likeness (QED) is 0.846. The topological polar surface area (TPSA) is 33.3 Å². The predicted octanol–water partition coefficient (Wildman–Crippen LogP) is 3.15. The first-order valence-electron chi connectivity index (χ1n) is 7.51. The summed E-state index contributed by atoms with van der Waals surface area (Å²) in [6, 6.07) is 9.39. The van der Waals surface area contributed by atoms with E-state index in [1.807, 2.05) is 12.1 Å². The Kier molecular flexibility index (Phi) is 6.30. The fraction of sp³-hybridized carbons (Fsp3) is 0.625. The van der Waals surface area contributed by atoms with Crippen molar-refractivity contribution in [2.24, 2.45) is 0 Å². The largest absolute Gasteiger partial charge is 0.379 e. The molecule has 2 N–H and O–H groups in total. The minimum Gasteiger partial charge on any atom is -0.379 e. The van der Waals surface area contributed by atoms with Gasteiger partial charge >= 0.3 is 0 Å². The van der Waals surface area contributed by atoms with E-state index < -0.39 is 0 Å². The van der Waals surface area contributed by atoms with Crippen molar-refractivity contribution >= 4 is 11.6 Å². The molecule has 4 heteroatoms. The molecule has 1 aliphatic rings. The summed E-state index contributed by atoms with van der Waals surface area (Å²) in [4.78, 5) is 0. The summed E-state index contributed by atoms with van der Waals surface area (Å²) in [5.74, 6) is 0. The van der Waals surface area contributed by atoms with Gasteiger partial charge in [0.25, 0.3) is 0 Å². The molecular weight excluding hydrogens is 272 g/mol. The smallest absolute Gasteiger partial charge is 0.0620 e. The Morgan fingerprint density at radius 2 is 2.35 bits per heavy atom.